The van der Waals surface area contributed by atoms with Crippen LogP contribution in [0.25, 0.3) is 0 Å². The second kappa shape index (κ2) is 8.12. The number of aromatic nitrogens is 1. The number of rotatable bonds is 8. The molecule has 1 heterocycles. The van der Waals surface area contributed by atoms with E-state index in [4.69, 9.17) is 10.5 Å². The van der Waals surface area contributed by atoms with Crippen LogP contribution in [-0.2, 0) is 4.74 Å². The molecule has 0 spiro atoms. The lowest BCUT2D eigenvalue weighted by molar-refractivity contribution is 0.0314. The molecule has 4 heteroatoms. The third-order valence-corrected chi connectivity index (χ3v) is 3.32. The lowest BCUT2D eigenvalue weighted by atomic mass is 9.96. The lowest BCUT2D eigenvalue weighted by Crippen LogP contribution is -2.35. The Morgan fingerprint density at radius 2 is 2.11 bits per heavy atom. The Bertz CT molecular complexity index is 361. The van der Waals surface area contributed by atoms with E-state index in [0.717, 1.165) is 24.9 Å². The summed E-state index contributed by atoms with van der Waals surface area (Å²) in [6, 6.07) is 2.11. The van der Waals surface area contributed by atoms with E-state index in [1.807, 2.05) is 13.0 Å². The van der Waals surface area contributed by atoms with Crippen molar-refractivity contribution < 1.29 is 4.74 Å². The Morgan fingerprint density at radius 1 is 1.37 bits per heavy atom. The van der Waals surface area contributed by atoms with Gasteiger partial charge in [-0.3, -0.25) is 0 Å². The molecule has 0 saturated carbocycles. The molecular formula is C15H27N3O. The third-order valence-electron chi connectivity index (χ3n) is 3.32. The predicted molar refractivity (Wildman–Crippen MR) is 80.1 cm³/mol. The SMILES string of the molecule is CCCNC(c1c(C)ccnc1N)C(CC)OCC. The Labute approximate surface area is 116 Å². The summed E-state index contributed by atoms with van der Waals surface area (Å²) in [6.45, 7) is 10.1. The Hall–Kier alpha value is -1.13. The zero-order valence-electron chi connectivity index (χ0n) is 12.6. The van der Waals surface area contributed by atoms with Crippen LogP contribution in [0.3, 0.4) is 0 Å². The number of hydrogen-bond acceptors (Lipinski definition) is 4. The van der Waals surface area contributed by atoms with Gasteiger partial charge in [-0.05, 0) is 44.9 Å². The van der Waals surface area contributed by atoms with E-state index >= 15 is 0 Å². The highest BCUT2D eigenvalue weighted by atomic mass is 16.5. The average molecular weight is 265 g/mol. The molecule has 0 saturated heterocycles. The maximum absolute atomic E-state index is 6.08. The molecule has 2 atom stereocenters. The molecule has 0 amide bonds. The first-order chi connectivity index (χ1) is 9.15. The van der Waals surface area contributed by atoms with E-state index < -0.39 is 0 Å². The van der Waals surface area contributed by atoms with E-state index in [-0.39, 0.29) is 12.1 Å². The molecule has 0 aromatic carbocycles. The molecule has 0 aliphatic heterocycles. The minimum absolute atomic E-state index is 0.110. The van der Waals surface area contributed by atoms with Crippen LogP contribution in [0, 0.1) is 6.92 Å². The van der Waals surface area contributed by atoms with Crippen LogP contribution >= 0.6 is 0 Å². The van der Waals surface area contributed by atoms with Crippen LogP contribution in [0.15, 0.2) is 12.3 Å². The standard InChI is InChI=1S/C15H27N3O/c1-5-9-17-14(12(6-2)19-7-3)13-11(4)8-10-18-15(13)16/h8,10,12,14,17H,5-7,9H2,1-4H3,(H2,16,18). The van der Waals surface area contributed by atoms with E-state index in [1.165, 1.54) is 5.56 Å². The average Bonchev–Trinajstić information content (AvgIpc) is 2.40. The van der Waals surface area contributed by atoms with Crippen molar-refractivity contribution in [3.63, 3.8) is 0 Å². The second-order valence-corrected chi connectivity index (χ2v) is 4.76. The summed E-state index contributed by atoms with van der Waals surface area (Å²) in [4.78, 5) is 4.23. The van der Waals surface area contributed by atoms with Gasteiger partial charge >= 0.3 is 0 Å². The van der Waals surface area contributed by atoms with Crippen LogP contribution in [0.2, 0.25) is 0 Å². The van der Waals surface area contributed by atoms with E-state index in [2.05, 4.69) is 31.1 Å². The molecule has 0 bridgehead atoms. The van der Waals surface area contributed by atoms with Crippen molar-refractivity contribution in [2.24, 2.45) is 0 Å². The maximum atomic E-state index is 6.08. The monoisotopic (exact) mass is 265 g/mol. The van der Waals surface area contributed by atoms with Gasteiger partial charge in [-0.25, -0.2) is 4.98 Å². The third kappa shape index (κ3) is 4.18. The first-order valence-corrected chi connectivity index (χ1v) is 7.21. The number of anilines is 1. The largest absolute Gasteiger partial charge is 0.383 e. The van der Waals surface area contributed by atoms with Gasteiger partial charge in [-0.1, -0.05) is 13.8 Å². The molecule has 1 aromatic rings. The smallest absolute Gasteiger partial charge is 0.128 e. The molecule has 1 aromatic heterocycles. The lowest BCUT2D eigenvalue weighted by Gasteiger charge is -2.29. The van der Waals surface area contributed by atoms with Gasteiger partial charge in [0.2, 0.25) is 0 Å². The van der Waals surface area contributed by atoms with Crippen molar-refractivity contribution in [2.45, 2.75) is 52.7 Å². The van der Waals surface area contributed by atoms with Crippen molar-refractivity contribution >= 4 is 5.82 Å². The molecule has 2 unspecified atom stereocenters. The van der Waals surface area contributed by atoms with Gasteiger partial charge in [0.1, 0.15) is 5.82 Å². The second-order valence-electron chi connectivity index (χ2n) is 4.76. The van der Waals surface area contributed by atoms with Crippen LogP contribution in [0.4, 0.5) is 5.82 Å². The van der Waals surface area contributed by atoms with Crippen molar-refractivity contribution in [1.29, 1.82) is 0 Å². The molecule has 3 N–H and O–H groups in total. The number of nitrogens with one attached hydrogen (secondary N) is 1. The first-order valence-electron chi connectivity index (χ1n) is 7.21. The zero-order chi connectivity index (χ0) is 14.3. The Balaban J connectivity index is 3.07. The highest BCUT2D eigenvalue weighted by molar-refractivity contribution is 5.46. The zero-order valence-corrected chi connectivity index (χ0v) is 12.6. The number of hydrogen-bond donors (Lipinski definition) is 2. The van der Waals surface area contributed by atoms with Gasteiger partial charge in [0.15, 0.2) is 0 Å². The molecule has 0 fully saturated rings. The van der Waals surface area contributed by atoms with Crippen molar-refractivity contribution in [1.82, 2.24) is 10.3 Å². The van der Waals surface area contributed by atoms with Gasteiger partial charge in [-0.2, -0.15) is 0 Å². The fraction of sp³-hybridized carbons (Fsp3) is 0.667. The molecular weight excluding hydrogens is 238 g/mol. The van der Waals surface area contributed by atoms with E-state index in [9.17, 15) is 0 Å². The summed E-state index contributed by atoms with van der Waals surface area (Å²) in [7, 11) is 0. The number of ether oxygens (including phenoxy) is 1. The van der Waals surface area contributed by atoms with E-state index in [1.54, 1.807) is 6.20 Å². The number of nitrogens with two attached hydrogens (primary N) is 1. The summed E-state index contributed by atoms with van der Waals surface area (Å²) in [5.74, 6) is 0.603. The summed E-state index contributed by atoms with van der Waals surface area (Å²) in [5, 5.41) is 3.56. The van der Waals surface area contributed by atoms with Gasteiger partial charge in [0.05, 0.1) is 12.1 Å². The molecule has 0 aliphatic rings. The molecule has 108 valence electrons. The van der Waals surface area contributed by atoms with Crippen molar-refractivity contribution in [3.05, 3.63) is 23.4 Å². The first kappa shape index (κ1) is 15.9. The summed E-state index contributed by atoms with van der Waals surface area (Å²) >= 11 is 0. The minimum Gasteiger partial charge on any atom is -0.383 e. The van der Waals surface area contributed by atoms with Crippen LogP contribution in [-0.4, -0.2) is 24.2 Å². The fourth-order valence-electron chi connectivity index (χ4n) is 2.38. The van der Waals surface area contributed by atoms with Crippen LogP contribution in [0.1, 0.15) is 50.8 Å². The molecule has 4 nitrogen and oxygen atoms in total. The molecule has 0 aliphatic carbocycles. The summed E-state index contributed by atoms with van der Waals surface area (Å²) in [6.07, 6.45) is 3.91. The van der Waals surface area contributed by atoms with Crippen molar-refractivity contribution in [3.8, 4) is 0 Å². The Kier molecular flexibility index (Phi) is 6.81. The highest BCUT2D eigenvalue weighted by Gasteiger charge is 2.25. The minimum atomic E-state index is 0.110. The summed E-state index contributed by atoms with van der Waals surface area (Å²) in [5.41, 5.74) is 8.32. The molecule has 1 rings (SSSR count). The Morgan fingerprint density at radius 3 is 2.63 bits per heavy atom. The number of pyridine rings is 1. The fourth-order valence-corrected chi connectivity index (χ4v) is 2.38. The van der Waals surface area contributed by atoms with Crippen LogP contribution < -0.4 is 11.1 Å². The quantitative estimate of drug-likeness (QED) is 0.759. The van der Waals surface area contributed by atoms with Gasteiger partial charge < -0.3 is 15.8 Å². The summed E-state index contributed by atoms with van der Waals surface area (Å²) < 4.78 is 5.87. The van der Waals surface area contributed by atoms with Crippen LogP contribution in [0.5, 0.6) is 0 Å². The predicted octanol–water partition coefficient (Wildman–Crippen LogP) is 2.83. The van der Waals surface area contributed by atoms with Gasteiger partial charge in [-0.15, -0.1) is 0 Å². The van der Waals surface area contributed by atoms with E-state index in [0.29, 0.717) is 12.4 Å². The number of nitrogens with zero attached hydrogens (tertiary/aromatic N) is 1. The van der Waals surface area contributed by atoms with Gasteiger partial charge in [0.25, 0.3) is 0 Å². The normalized spacial score (nSPS) is 14.3. The maximum Gasteiger partial charge on any atom is 0.128 e. The number of nitrogen functional groups attached to an aromatic ring is 1. The topological polar surface area (TPSA) is 60.2 Å². The van der Waals surface area contributed by atoms with Gasteiger partial charge in [0, 0.05) is 18.4 Å². The molecule has 19 heavy (non-hydrogen) atoms. The van der Waals surface area contributed by atoms with Crippen molar-refractivity contribution in [2.75, 3.05) is 18.9 Å². The highest BCUT2D eigenvalue weighted by Crippen LogP contribution is 2.28. The number of aryl methyl sites for hydroxylation is 1. The molecule has 0 radical (unpaired) electrons.